The molecule has 1 fully saturated rings. The minimum atomic E-state index is -0.390. The fourth-order valence-corrected chi connectivity index (χ4v) is 2.90. The van der Waals surface area contributed by atoms with E-state index < -0.39 is 5.91 Å². The van der Waals surface area contributed by atoms with Crippen molar-refractivity contribution in [3.05, 3.63) is 52.9 Å². The topological polar surface area (TPSA) is 72.4 Å². The summed E-state index contributed by atoms with van der Waals surface area (Å²) in [5, 5.41) is 4.15. The first-order chi connectivity index (χ1) is 10.1. The third kappa shape index (κ3) is 2.97. The lowest BCUT2D eigenvalue weighted by atomic mass is 10.1. The van der Waals surface area contributed by atoms with E-state index in [0.717, 1.165) is 37.4 Å². The van der Waals surface area contributed by atoms with Crippen molar-refractivity contribution in [2.45, 2.75) is 32.4 Å². The summed E-state index contributed by atoms with van der Waals surface area (Å²) in [5.74, 6) is 0.460. The maximum absolute atomic E-state index is 11.1. The molecular formula is C16H19N3O2. The average molecular weight is 285 g/mol. The van der Waals surface area contributed by atoms with Gasteiger partial charge >= 0.3 is 0 Å². The molecule has 1 atom stereocenters. The molecule has 1 aliphatic heterocycles. The highest BCUT2D eigenvalue weighted by Crippen LogP contribution is 2.32. The number of benzene rings is 1. The number of primary amides is 1. The van der Waals surface area contributed by atoms with Crippen LogP contribution in [0.2, 0.25) is 0 Å². The van der Waals surface area contributed by atoms with Crippen LogP contribution in [-0.4, -0.2) is 22.5 Å². The van der Waals surface area contributed by atoms with Gasteiger partial charge in [-0.1, -0.05) is 17.3 Å². The molecule has 5 heteroatoms. The van der Waals surface area contributed by atoms with Crippen molar-refractivity contribution in [3.8, 4) is 0 Å². The molecule has 0 spiro atoms. The number of rotatable bonds is 4. The van der Waals surface area contributed by atoms with Crippen LogP contribution in [0, 0.1) is 6.92 Å². The molecule has 0 saturated carbocycles. The zero-order valence-corrected chi connectivity index (χ0v) is 12.1. The lowest BCUT2D eigenvalue weighted by Crippen LogP contribution is -2.23. The number of hydrogen-bond donors (Lipinski definition) is 1. The second-order valence-electron chi connectivity index (χ2n) is 5.55. The molecule has 0 unspecified atom stereocenters. The average Bonchev–Trinajstić information content (AvgIpc) is 3.08. The van der Waals surface area contributed by atoms with E-state index in [1.165, 1.54) is 5.56 Å². The van der Waals surface area contributed by atoms with Gasteiger partial charge in [-0.3, -0.25) is 9.69 Å². The van der Waals surface area contributed by atoms with E-state index in [1.807, 2.05) is 25.1 Å². The molecule has 1 amide bonds. The van der Waals surface area contributed by atoms with Crippen molar-refractivity contribution in [1.29, 1.82) is 0 Å². The van der Waals surface area contributed by atoms with Crippen LogP contribution in [-0.2, 0) is 6.54 Å². The first kappa shape index (κ1) is 13.8. The molecule has 0 radical (unpaired) electrons. The molecule has 1 aliphatic rings. The maximum Gasteiger partial charge on any atom is 0.248 e. The third-order valence-electron chi connectivity index (χ3n) is 3.98. The lowest BCUT2D eigenvalue weighted by molar-refractivity contribution is 0.100. The van der Waals surface area contributed by atoms with E-state index in [4.69, 9.17) is 10.3 Å². The van der Waals surface area contributed by atoms with Gasteiger partial charge in [-0.15, -0.1) is 0 Å². The zero-order valence-electron chi connectivity index (χ0n) is 12.1. The van der Waals surface area contributed by atoms with Crippen LogP contribution < -0.4 is 5.73 Å². The molecule has 1 aromatic carbocycles. The fourth-order valence-electron chi connectivity index (χ4n) is 2.90. The quantitative estimate of drug-likeness (QED) is 0.936. The van der Waals surface area contributed by atoms with Crippen LogP contribution in [0.25, 0.3) is 0 Å². The van der Waals surface area contributed by atoms with Crippen LogP contribution in [0.15, 0.2) is 34.9 Å². The normalized spacial score (nSPS) is 19.0. The van der Waals surface area contributed by atoms with E-state index >= 15 is 0 Å². The highest BCUT2D eigenvalue weighted by Gasteiger charge is 2.28. The Morgan fingerprint density at radius 2 is 2.19 bits per heavy atom. The van der Waals surface area contributed by atoms with E-state index in [1.54, 1.807) is 12.1 Å². The Balaban J connectivity index is 1.72. The van der Waals surface area contributed by atoms with Gasteiger partial charge in [0.2, 0.25) is 5.91 Å². The van der Waals surface area contributed by atoms with Crippen molar-refractivity contribution in [3.63, 3.8) is 0 Å². The first-order valence-electron chi connectivity index (χ1n) is 7.19. The Kier molecular flexibility index (Phi) is 3.75. The number of amides is 1. The molecule has 2 heterocycles. The number of nitrogens with zero attached hydrogens (tertiary/aromatic N) is 2. The van der Waals surface area contributed by atoms with E-state index in [-0.39, 0.29) is 0 Å². The SMILES string of the molecule is Cc1cc([C@@H]2CCCN2Cc2ccc(C(N)=O)cc2)no1. The summed E-state index contributed by atoms with van der Waals surface area (Å²) < 4.78 is 5.19. The van der Waals surface area contributed by atoms with Gasteiger partial charge in [0.05, 0.1) is 6.04 Å². The standard InChI is InChI=1S/C16H19N3O2/c1-11-9-14(18-21-11)15-3-2-8-19(15)10-12-4-6-13(7-5-12)16(17)20/h4-7,9,15H,2-3,8,10H2,1H3,(H2,17,20)/t15-/m0/s1. The second-order valence-corrected chi connectivity index (χ2v) is 5.55. The van der Waals surface area contributed by atoms with E-state index in [0.29, 0.717) is 11.6 Å². The monoisotopic (exact) mass is 285 g/mol. The van der Waals surface area contributed by atoms with Crippen molar-refractivity contribution < 1.29 is 9.32 Å². The summed E-state index contributed by atoms with van der Waals surface area (Å²) in [4.78, 5) is 13.5. The molecule has 3 rings (SSSR count). The minimum absolute atomic E-state index is 0.318. The Bertz CT molecular complexity index is 633. The number of aryl methyl sites for hydroxylation is 1. The van der Waals surface area contributed by atoms with Gasteiger partial charge in [-0.25, -0.2) is 0 Å². The van der Waals surface area contributed by atoms with Gasteiger partial charge in [0, 0.05) is 18.2 Å². The predicted molar refractivity (Wildman–Crippen MR) is 78.6 cm³/mol. The summed E-state index contributed by atoms with van der Waals surface area (Å²) in [7, 11) is 0. The summed E-state index contributed by atoms with van der Waals surface area (Å²) in [6, 6.07) is 9.82. The van der Waals surface area contributed by atoms with Crippen LogP contribution in [0.5, 0.6) is 0 Å². The Labute approximate surface area is 123 Å². The molecule has 1 saturated heterocycles. The fraction of sp³-hybridized carbons (Fsp3) is 0.375. The van der Waals surface area contributed by atoms with Gasteiger partial charge in [0.15, 0.2) is 0 Å². The number of aromatic nitrogens is 1. The van der Waals surface area contributed by atoms with Crippen molar-refractivity contribution in [1.82, 2.24) is 10.1 Å². The lowest BCUT2D eigenvalue weighted by Gasteiger charge is -2.22. The zero-order chi connectivity index (χ0) is 14.8. The number of likely N-dealkylation sites (tertiary alicyclic amines) is 1. The smallest absolute Gasteiger partial charge is 0.248 e. The van der Waals surface area contributed by atoms with E-state index in [9.17, 15) is 4.79 Å². The van der Waals surface area contributed by atoms with Crippen molar-refractivity contribution >= 4 is 5.91 Å². The molecule has 0 aliphatic carbocycles. The number of carbonyl (C=O) groups excluding carboxylic acids is 1. The number of nitrogens with two attached hydrogens (primary N) is 1. The summed E-state index contributed by atoms with van der Waals surface area (Å²) in [6.45, 7) is 3.81. The minimum Gasteiger partial charge on any atom is -0.366 e. The first-order valence-corrected chi connectivity index (χ1v) is 7.19. The van der Waals surface area contributed by atoms with Gasteiger partial charge in [0.1, 0.15) is 11.5 Å². The van der Waals surface area contributed by atoms with Crippen molar-refractivity contribution in [2.24, 2.45) is 5.73 Å². The van der Waals surface area contributed by atoms with Crippen LogP contribution in [0.3, 0.4) is 0 Å². The van der Waals surface area contributed by atoms with Crippen LogP contribution >= 0.6 is 0 Å². The summed E-state index contributed by atoms with van der Waals surface area (Å²) in [5.41, 5.74) is 7.99. The molecule has 2 aromatic rings. The highest BCUT2D eigenvalue weighted by atomic mass is 16.5. The van der Waals surface area contributed by atoms with Gasteiger partial charge < -0.3 is 10.3 Å². The Morgan fingerprint density at radius 3 is 2.81 bits per heavy atom. The Morgan fingerprint density at radius 1 is 1.43 bits per heavy atom. The van der Waals surface area contributed by atoms with E-state index in [2.05, 4.69) is 10.1 Å². The molecule has 5 nitrogen and oxygen atoms in total. The van der Waals surface area contributed by atoms with Crippen LogP contribution in [0.4, 0.5) is 0 Å². The maximum atomic E-state index is 11.1. The number of carbonyl (C=O) groups is 1. The molecular weight excluding hydrogens is 266 g/mol. The predicted octanol–water partition coefficient (Wildman–Crippen LogP) is 2.42. The van der Waals surface area contributed by atoms with Gasteiger partial charge in [0.25, 0.3) is 0 Å². The summed E-state index contributed by atoms with van der Waals surface area (Å²) in [6.07, 6.45) is 2.27. The largest absolute Gasteiger partial charge is 0.366 e. The van der Waals surface area contributed by atoms with Crippen molar-refractivity contribution in [2.75, 3.05) is 6.54 Å². The molecule has 110 valence electrons. The summed E-state index contributed by atoms with van der Waals surface area (Å²) >= 11 is 0. The third-order valence-corrected chi connectivity index (χ3v) is 3.98. The number of hydrogen-bond acceptors (Lipinski definition) is 4. The Hall–Kier alpha value is -2.14. The highest BCUT2D eigenvalue weighted by molar-refractivity contribution is 5.92. The molecule has 21 heavy (non-hydrogen) atoms. The van der Waals surface area contributed by atoms with Gasteiger partial charge in [-0.05, 0) is 44.0 Å². The van der Waals surface area contributed by atoms with Crippen LogP contribution in [0.1, 0.15) is 46.3 Å². The second kappa shape index (κ2) is 5.69. The molecule has 2 N–H and O–H groups in total. The molecule has 1 aromatic heterocycles. The van der Waals surface area contributed by atoms with Gasteiger partial charge in [-0.2, -0.15) is 0 Å². The molecule has 0 bridgehead atoms.